The van der Waals surface area contributed by atoms with E-state index in [0.717, 1.165) is 75.5 Å². The van der Waals surface area contributed by atoms with Gasteiger partial charge in [0.05, 0.1) is 0 Å². The van der Waals surface area contributed by atoms with Crippen LogP contribution < -0.4 is 0 Å². The maximum atomic E-state index is 12.9. The molecule has 0 bridgehead atoms. The molecule has 67 heavy (non-hydrogen) atoms. The van der Waals surface area contributed by atoms with Crippen LogP contribution in [0.1, 0.15) is 337 Å². The topological polar surface area (TPSA) is 78.9 Å². The minimum Gasteiger partial charge on any atom is -0.462 e. The average Bonchev–Trinajstić information content (AvgIpc) is 3.30. The van der Waals surface area contributed by atoms with Crippen LogP contribution in [0, 0.1) is 17.8 Å². The fourth-order valence-electron chi connectivity index (χ4n) is 9.32. The molecule has 0 aromatic carbocycles. The molecule has 0 amide bonds. The van der Waals surface area contributed by atoms with Crippen molar-refractivity contribution in [3.8, 4) is 0 Å². The van der Waals surface area contributed by atoms with Crippen LogP contribution in [0.5, 0.6) is 0 Å². The number of ether oxygens (including phenoxy) is 3. The molecule has 398 valence electrons. The van der Waals surface area contributed by atoms with Gasteiger partial charge >= 0.3 is 17.9 Å². The SMILES string of the molecule is CCC(C)CCCCCCCCCCCCCCCCCCCCC(=O)OC[C@H](COC(=O)CCCCCCCCCC(C)C)OC(=O)CCCCCCCCCCCCCCCCC(C)C. The van der Waals surface area contributed by atoms with Gasteiger partial charge in [0.1, 0.15) is 13.2 Å². The lowest BCUT2D eigenvalue weighted by Crippen LogP contribution is -2.30. The molecule has 1 unspecified atom stereocenters. The first-order valence-corrected chi connectivity index (χ1v) is 30.1. The standard InChI is InChI=1S/C61H118O6/c1-7-57(6)49-43-37-31-25-21-17-12-10-8-9-11-13-18-22-26-32-38-44-50-59(62)65-53-58(54-66-60(63)51-45-39-34-28-30-36-42-48-56(4)5)67-61(64)52-46-40-33-27-23-19-15-14-16-20-24-29-35-41-47-55(2)3/h55-58H,7-54H2,1-6H3/t57?,58-/m1/s1. The lowest BCUT2D eigenvalue weighted by atomic mass is 9.99. The van der Waals surface area contributed by atoms with Crippen LogP contribution in [-0.2, 0) is 28.6 Å². The summed E-state index contributed by atoms with van der Waals surface area (Å²) in [7, 11) is 0. The van der Waals surface area contributed by atoms with Crippen LogP contribution in [0.4, 0.5) is 0 Å². The Morgan fingerprint density at radius 3 is 0.776 bits per heavy atom. The first kappa shape index (κ1) is 65.4. The second-order valence-electron chi connectivity index (χ2n) is 22.2. The van der Waals surface area contributed by atoms with E-state index in [0.29, 0.717) is 19.3 Å². The molecular weight excluding hydrogens is 829 g/mol. The first-order valence-electron chi connectivity index (χ1n) is 30.1. The van der Waals surface area contributed by atoms with Crippen molar-refractivity contribution < 1.29 is 28.6 Å². The van der Waals surface area contributed by atoms with E-state index in [1.165, 1.54) is 218 Å². The molecular formula is C61H118O6. The van der Waals surface area contributed by atoms with E-state index in [-0.39, 0.29) is 31.1 Å². The van der Waals surface area contributed by atoms with Gasteiger partial charge in [0.15, 0.2) is 6.10 Å². The fourth-order valence-corrected chi connectivity index (χ4v) is 9.32. The predicted molar refractivity (Wildman–Crippen MR) is 289 cm³/mol. The molecule has 0 spiro atoms. The van der Waals surface area contributed by atoms with E-state index in [9.17, 15) is 14.4 Å². The molecule has 0 N–H and O–H groups in total. The summed E-state index contributed by atoms with van der Waals surface area (Å²) in [5.41, 5.74) is 0. The van der Waals surface area contributed by atoms with Crippen LogP contribution in [0.3, 0.4) is 0 Å². The van der Waals surface area contributed by atoms with Gasteiger partial charge in [-0.3, -0.25) is 14.4 Å². The zero-order chi connectivity index (χ0) is 49.1. The molecule has 0 aromatic heterocycles. The maximum Gasteiger partial charge on any atom is 0.306 e. The van der Waals surface area contributed by atoms with Gasteiger partial charge in [-0.15, -0.1) is 0 Å². The Balaban J connectivity index is 4.20. The van der Waals surface area contributed by atoms with Crippen molar-refractivity contribution >= 4 is 17.9 Å². The quantitative estimate of drug-likeness (QED) is 0.0343. The van der Waals surface area contributed by atoms with E-state index in [1.807, 2.05) is 0 Å². The molecule has 2 atom stereocenters. The van der Waals surface area contributed by atoms with Crippen molar-refractivity contribution in [2.75, 3.05) is 13.2 Å². The molecule has 0 saturated heterocycles. The van der Waals surface area contributed by atoms with Gasteiger partial charge < -0.3 is 14.2 Å². The number of hydrogen-bond acceptors (Lipinski definition) is 6. The smallest absolute Gasteiger partial charge is 0.306 e. The average molecular weight is 948 g/mol. The zero-order valence-corrected chi connectivity index (χ0v) is 46.2. The summed E-state index contributed by atoms with van der Waals surface area (Å²) < 4.78 is 16.9. The third kappa shape index (κ3) is 53.6. The Morgan fingerprint density at radius 1 is 0.299 bits per heavy atom. The molecule has 0 aliphatic heterocycles. The summed E-state index contributed by atoms with van der Waals surface area (Å²) in [6.45, 7) is 13.8. The van der Waals surface area contributed by atoms with Crippen molar-refractivity contribution in [2.45, 2.75) is 343 Å². The van der Waals surface area contributed by atoms with Gasteiger partial charge in [0, 0.05) is 19.3 Å². The summed E-state index contributed by atoms with van der Waals surface area (Å²) in [5, 5.41) is 0. The molecule has 0 fully saturated rings. The molecule has 0 saturated carbocycles. The van der Waals surface area contributed by atoms with Crippen LogP contribution >= 0.6 is 0 Å². The van der Waals surface area contributed by atoms with E-state index in [1.54, 1.807) is 0 Å². The van der Waals surface area contributed by atoms with E-state index in [4.69, 9.17) is 14.2 Å². The van der Waals surface area contributed by atoms with Gasteiger partial charge in [0.2, 0.25) is 0 Å². The van der Waals surface area contributed by atoms with Gasteiger partial charge in [0.25, 0.3) is 0 Å². The van der Waals surface area contributed by atoms with Crippen molar-refractivity contribution in [3.63, 3.8) is 0 Å². The molecule has 0 rings (SSSR count). The lowest BCUT2D eigenvalue weighted by Gasteiger charge is -2.18. The summed E-state index contributed by atoms with van der Waals surface area (Å²) in [5.74, 6) is 1.69. The largest absolute Gasteiger partial charge is 0.462 e. The highest BCUT2D eigenvalue weighted by atomic mass is 16.6. The number of esters is 3. The number of unbranched alkanes of at least 4 members (excludes halogenated alkanes) is 36. The van der Waals surface area contributed by atoms with Gasteiger partial charge in [-0.25, -0.2) is 0 Å². The number of hydrogen-bond donors (Lipinski definition) is 0. The van der Waals surface area contributed by atoms with Crippen LogP contribution in [-0.4, -0.2) is 37.2 Å². The van der Waals surface area contributed by atoms with Crippen molar-refractivity contribution in [1.82, 2.24) is 0 Å². The van der Waals surface area contributed by atoms with Crippen molar-refractivity contribution in [3.05, 3.63) is 0 Å². The van der Waals surface area contributed by atoms with Crippen LogP contribution in [0.2, 0.25) is 0 Å². The molecule has 0 aromatic rings. The Kier molecular flexibility index (Phi) is 51.0. The van der Waals surface area contributed by atoms with Crippen molar-refractivity contribution in [2.24, 2.45) is 17.8 Å². The molecule has 0 radical (unpaired) electrons. The van der Waals surface area contributed by atoms with Crippen LogP contribution in [0.25, 0.3) is 0 Å². The summed E-state index contributed by atoms with van der Waals surface area (Å²) in [6, 6.07) is 0. The number of rotatable bonds is 54. The third-order valence-electron chi connectivity index (χ3n) is 14.3. The monoisotopic (exact) mass is 947 g/mol. The third-order valence-corrected chi connectivity index (χ3v) is 14.3. The Bertz CT molecular complexity index is 1040. The molecule has 0 heterocycles. The minimum atomic E-state index is -0.764. The highest BCUT2D eigenvalue weighted by molar-refractivity contribution is 5.71. The van der Waals surface area contributed by atoms with E-state index < -0.39 is 6.10 Å². The molecule has 6 heteroatoms. The predicted octanol–water partition coefficient (Wildman–Crippen LogP) is 19.9. The molecule has 0 aliphatic rings. The second-order valence-corrected chi connectivity index (χ2v) is 22.2. The molecule has 0 aliphatic carbocycles. The summed E-state index contributed by atoms with van der Waals surface area (Å²) in [6.07, 6.45) is 55.4. The normalized spacial score (nSPS) is 12.5. The van der Waals surface area contributed by atoms with Crippen LogP contribution in [0.15, 0.2) is 0 Å². The fraction of sp³-hybridized carbons (Fsp3) is 0.951. The van der Waals surface area contributed by atoms with Crippen molar-refractivity contribution in [1.29, 1.82) is 0 Å². The maximum absolute atomic E-state index is 12.9. The summed E-state index contributed by atoms with van der Waals surface area (Å²) in [4.78, 5) is 38.1. The number of carbonyl (C=O) groups excluding carboxylic acids is 3. The van der Waals surface area contributed by atoms with Gasteiger partial charge in [-0.2, -0.15) is 0 Å². The number of carbonyl (C=O) groups is 3. The highest BCUT2D eigenvalue weighted by Gasteiger charge is 2.19. The summed E-state index contributed by atoms with van der Waals surface area (Å²) >= 11 is 0. The van der Waals surface area contributed by atoms with Gasteiger partial charge in [-0.05, 0) is 37.0 Å². The Hall–Kier alpha value is -1.59. The minimum absolute atomic E-state index is 0.0638. The first-order chi connectivity index (χ1) is 32.6. The van der Waals surface area contributed by atoms with E-state index in [2.05, 4.69) is 41.5 Å². The lowest BCUT2D eigenvalue weighted by molar-refractivity contribution is -0.167. The van der Waals surface area contributed by atoms with Gasteiger partial charge in [-0.1, -0.05) is 298 Å². The second kappa shape index (κ2) is 52.2. The van der Waals surface area contributed by atoms with E-state index >= 15 is 0 Å². The zero-order valence-electron chi connectivity index (χ0n) is 46.2. The Morgan fingerprint density at radius 2 is 0.522 bits per heavy atom. The highest BCUT2D eigenvalue weighted by Crippen LogP contribution is 2.19. The Labute approximate surface area is 418 Å². The molecule has 6 nitrogen and oxygen atoms in total.